The number of nitrogens with zero attached hydrogens (tertiary/aromatic N) is 2. The fourth-order valence-electron chi connectivity index (χ4n) is 3.75. The number of allylic oxidation sites excluding steroid dienone is 1. The molecule has 10 heteroatoms. The number of hydrogen-bond donors (Lipinski definition) is 4. The average molecular weight is 436 g/mol. The summed E-state index contributed by atoms with van der Waals surface area (Å²) in [4.78, 5) is 17.2. The van der Waals surface area contributed by atoms with Crippen LogP contribution in [0.2, 0.25) is 0 Å². The normalized spacial score (nSPS) is 15.0. The fourth-order valence-corrected chi connectivity index (χ4v) is 3.75. The monoisotopic (exact) mass is 436 g/mol. The van der Waals surface area contributed by atoms with Gasteiger partial charge >= 0.3 is 5.69 Å². The van der Waals surface area contributed by atoms with Gasteiger partial charge in [0, 0.05) is 29.3 Å². The Bertz CT molecular complexity index is 1220. The second kappa shape index (κ2) is 8.42. The number of aromatic amines is 1. The Hall–Kier alpha value is -4.34. The summed E-state index contributed by atoms with van der Waals surface area (Å²) in [7, 11) is 1.19. The summed E-state index contributed by atoms with van der Waals surface area (Å²) in [5.41, 5.74) is 8.94. The second-order valence-electron chi connectivity index (χ2n) is 6.94. The molecule has 0 amide bonds. The van der Waals surface area contributed by atoms with Crippen LogP contribution in [0.4, 0.5) is 5.69 Å². The lowest BCUT2D eigenvalue weighted by atomic mass is 9.82. The Morgan fingerprint density at radius 3 is 2.75 bits per heavy atom. The van der Waals surface area contributed by atoms with E-state index in [9.17, 15) is 10.0 Å². The highest BCUT2D eigenvalue weighted by Gasteiger charge is 2.37. The summed E-state index contributed by atoms with van der Waals surface area (Å²) < 4.78 is 11.3. The van der Waals surface area contributed by atoms with Crippen LogP contribution in [0.25, 0.3) is 11.3 Å². The first-order valence-electron chi connectivity index (χ1n) is 9.82. The van der Waals surface area contributed by atoms with Crippen molar-refractivity contribution in [2.24, 2.45) is 5.73 Å². The quantitative estimate of drug-likeness (QED) is 0.327. The molecular weight excluding hydrogens is 414 g/mol. The van der Waals surface area contributed by atoms with Crippen molar-refractivity contribution in [2.45, 2.75) is 12.8 Å². The van der Waals surface area contributed by atoms with Crippen LogP contribution in [0.15, 0.2) is 53.9 Å². The lowest BCUT2D eigenvalue weighted by molar-refractivity contribution is -0.737. The van der Waals surface area contributed by atoms with Crippen LogP contribution >= 0.6 is 0 Å². The molecule has 0 radical (unpaired) electrons. The summed E-state index contributed by atoms with van der Waals surface area (Å²) in [5.74, 6) is -0.537. The van der Waals surface area contributed by atoms with Gasteiger partial charge in [0.05, 0.1) is 17.1 Å². The number of aromatic nitrogens is 2. The maximum Gasteiger partial charge on any atom is 0.362 e. The van der Waals surface area contributed by atoms with Crippen molar-refractivity contribution in [3.8, 4) is 28.6 Å². The van der Waals surface area contributed by atoms with Crippen LogP contribution in [-0.2, 0) is 4.84 Å². The Morgan fingerprint density at radius 1 is 1.34 bits per heavy atom. The fraction of sp³-hybridized carbons (Fsp3) is 0.182. The van der Waals surface area contributed by atoms with Gasteiger partial charge < -0.3 is 25.7 Å². The molecule has 2 heterocycles. The van der Waals surface area contributed by atoms with Crippen LogP contribution in [0.5, 0.6) is 17.4 Å². The van der Waals surface area contributed by atoms with E-state index in [1.807, 2.05) is 30.3 Å². The van der Waals surface area contributed by atoms with E-state index in [0.29, 0.717) is 28.3 Å². The molecule has 1 unspecified atom stereocenters. The van der Waals surface area contributed by atoms with Crippen LogP contribution in [-0.4, -0.2) is 40.2 Å². The van der Waals surface area contributed by atoms with Crippen molar-refractivity contribution in [3.05, 3.63) is 70.0 Å². The first kappa shape index (κ1) is 20.9. The number of benzene rings is 2. The summed E-state index contributed by atoms with van der Waals surface area (Å²) in [6.45, 7) is 2.02. The summed E-state index contributed by atoms with van der Waals surface area (Å²) in [5, 5.41) is 25.8. The predicted octanol–water partition coefficient (Wildman–Crippen LogP) is 3.50. The maximum absolute atomic E-state index is 12.3. The number of nitrogens with one attached hydrogen (secondary N) is 2. The summed E-state index contributed by atoms with van der Waals surface area (Å²) in [6.07, 6.45) is 1.10. The Labute approximate surface area is 183 Å². The minimum atomic E-state index is -0.631. The zero-order chi connectivity index (χ0) is 22.8. The van der Waals surface area contributed by atoms with Crippen LogP contribution in [0.3, 0.4) is 0 Å². The number of phenolic OH excluding ortho intramolecular Hbond substituents is 1. The number of aromatic hydroxyl groups is 1. The molecule has 0 spiro atoms. The smallest absolute Gasteiger partial charge is 0.362 e. The highest BCUT2D eigenvalue weighted by Crippen LogP contribution is 2.48. The molecule has 0 saturated heterocycles. The molecule has 1 aromatic heterocycles. The molecule has 4 rings (SSSR count). The van der Waals surface area contributed by atoms with Gasteiger partial charge in [0.15, 0.2) is 18.7 Å². The van der Waals surface area contributed by atoms with Gasteiger partial charge in [0.2, 0.25) is 11.6 Å². The number of rotatable bonds is 7. The largest absolute Gasteiger partial charge is 0.499 e. The van der Waals surface area contributed by atoms with Crippen molar-refractivity contribution >= 4 is 11.9 Å². The van der Waals surface area contributed by atoms with E-state index in [1.54, 1.807) is 13.0 Å². The van der Waals surface area contributed by atoms with Crippen molar-refractivity contribution < 1.29 is 24.3 Å². The number of phenols is 1. The van der Waals surface area contributed by atoms with Gasteiger partial charge in [-0.2, -0.15) is 5.10 Å². The SMILES string of the molecule is CCOc1cc(C2C(C=N)=C(N)Oc3[nH]nc(-c4ccccc4)c32)cc([N+](=O)OC)c1O. The highest BCUT2D eigenvalue weighted by atomic mass is 16.8. The number of fused-ring (bicyclic) bond motifs is 1. The van der Waals surface area contributed by atoms with Gasteiger partial charge in [-0.25, -0.2) is 9.94 Å². The molecule has 164 valence electrons. The van der Waals surface area contributed by atoms with E-state index in [1.165, 1.54) is 13.2 Å². The molecule has 10 nitrogen and oxygen atoms in total. The topological polar surface area (TPSA) is 147 Å². The van der Waals surface area contributed by atoms with Gasteiger partial charge in [-0.15, -0.1) is 0 Å². The molecule has 0 aliphatic carbocycles. The molecular formula is C22H22N5O5+. The number of H-pyrrole nitrogens is 1. The molecule has 5 N–H and O–H groups in total. The number of ether oxygens (including phenoxy) is 2. The molecule has 2 aromatic carbocycles. The Morgan fingerprint density at radius 2 is 2.09 bits per heavy atom. The molecule has 0 saturated carbocycles. The van der Waals surface area contributed by atoms with E-state index in [-0.39, 0.29) is 34.6 Å². The minimum absolute atomic E-state index is 0.0269. The van der Waals surface area contributed by atoms with E-state index in [0.717, 1.165) is 11.8 Å². The lowest BCUT2D eigenvalue weighted by Gasteiger charge is -2.26. The van der Waals surface area contributed by atoms with Gasteiger partial charge in [0.1, 0.15) is 5.69 Å². The predicted molar refractivity (Wildman–Crippen MR) is 116 cm³/mol. The highest BCUT2D eigenvalue weighted by molar-refractivity contribution is 5.84. The zero-order valence-corrected chi connectivity index (χ0v) is 17.5. The summed E-state index contributed by atoms with van der Waals surface area (Å²) >= 11 is 0. The zero-order valence-electron chi connectivity index (χ0n) is 17.5. The van der Waals surface area contributed by atoms with E-state index < -0.39 is 5.92 Å². The third kappa shape index (κ3) is 3.41. The maximum atomic E-state index is 12.3. The van der Waals surface area contributed by atoms with Gasteiger partial charge in [0.25, 0.3) is 4.92 Å². The van der Waals surface area contributed by atoms with E-state index in [2.05, 4.69) is 10.2 Å². The van der Waals surface area contributed by atoms with E-state index in [4.69, 9.17) is 25.5 Å². The third-order valence-electron chi connectivity index (χ3n) is 5.14. The first-order valence-corrected chi connectivity index (χ1v) is 9.82. The van der Waals surface area contributed by atoms with Gasteiger partial charge in [-0.1, -0.05) is 30.3 Å². The molecule has 0 bridgehead atoms. The Kier molecular flexibility index (Phi) is 5.50. The molecule has 0 fully saturated rings. The van der Waals surface area contributed by atoms with Crippen molar-refractivity contribution in [2.75, 3.05) is 13.7 Å². The number of hydrogen-bond acceptors (Lipinski definition) is 8. The molecule has 1 aliphatic heterocycles. The standard InChI is InChI=1S/C22H21N5O5/c1-3-31-16-10-13(9-15(20(16)28)27(29)30-2)17-14(11-23)21(24)32-22-18(17)19(25-26-22)12-7-5-4-6-8-12/h4-11,17H,3H2,1-2H3,(H4-,23,24,25,26,28,29)/p+1. The van der Waals surface area contributed by atoms with Crippen molar-refractivity contribution in [1.29, 1.82) is 5.41 Å². The molecule has 1 atom stereocenters. The lowest BCUT2D eigenvalue weighted by Crippen LogP contribution is -2.22. The van der Waals surface area contributed by atoms with Crippen molar-refractivity contribution in [3.63, 3.8) is 0 Å². The van der Waals surface area contributed by atoms with Crippen LogP contribution in [0.1, 0.15) is 24.0 Å². The van der Waals surface area contributed by atoms with Crippen LogP contribution in [0, 0.1) is 10.3 Å². The minimum Gasteiger partial charge on any atom is -0.499 e. The van der Waals surface area contributed by atoms with Crippen molar-refractivity contribution in [1.82, 2.24) is 10.2 Å². The summed E-state index contributed by atoms with van der Waals surface area (Å²) in [6, 6.07) is 12.5. The van der Waals surface area contributed by atoms with Gasteiger partial charge in [-0.3, -0.25) is 0 Å². The molecule has 32 heavy (non-hydrogen) atoms. The molecule has 3 aromatic rings. The molecule has 1 aliphatic rings. The van der Waals surface area contributed by atoms with Gasteiger partial charge in [-0.05, 0) is 18.6 Å². The Balaban J connectivity index is 1.99. The first-order chi connectivity index (χ1) is 15.5. The second-order valence-corrected chi connectivity index (χ2v) is 6.94. The number of nitrogens with two attached hydrogens (primary N) is 1. The van der Waals surface area contributed by atoms with E-state index >= 15 is 0 Å². The third-order valence-corrected chi connectivity index (χ3v) is 5.14. The van der Waals surface area contributed by atoms with Crippen LogP contribution < -0.4 is 15.2 Å². The average Bonchev–Trinajstić information content (AvgIpc) is 3.23.